The van der Waals surface area contributed by atoms with Gasteiger partial charge in [-0.3, -0.25) is 19.7 Å². The van der Waals surface area contributed by atoms with Crippen LogP contribution in [0.5, 0.6) is 0 Å². The Bertz CT molecular complexity index is 634. The molecule has 1 atom stereocenters. The lowest BCUT2D eigenvalue weighted by atomic mass is 10.2. The third-order valence-corrected chi connectivity index (χ3v) is 3.47. The first-order valence-corrected chi connectivity index (χ1v) is 7.78. The number of carbonyl (C=O) groups is 3. The SMILES string of the molecule is Cc1nc(C=O)cn1C(=O)NNC1CCCN1C(=O)OC(C)(C)C. The Kier molecular flexibility index (Phi) is 5.23. The van der Waals surface area contributed by atoms with E-state index in [1.54, 1.807) is 32.6 Å². The Morgan fingerprint density at radius 1 is 1.42 bits per heavy atom. The number of likely N-dealkylation sites (tertiary alicyclic amines) is 1. The molecule has 0 saturated carbocycles. The molecular weight excluding hydrogens is 314 g/mol. The molecule has 1 aliphatic rings. The number of hydrazine groups is 1. The molecule has 2 rings (SSSR count). The van der Waals surface area contributed by atoms with Gasteiger partial charge in [-0.15, -0.1) is 0 Å². The Labute approximate surface area is 140 Å². The smallest absolute Gasteiger partial charge is 0.411 e. The molecule has 0 aromatic carbocycles. The average molecular weight is 337 g/mol. The number of nitrogens with one attached hydrogen (secondary N) is 2. The predicted molar refractivity (Wildman–Crippen MR) is 85.4 cm³/mol. The minimum atomic E-state index is -0.577. The number of ether oxygens (including phenoxy) is 1. The van der Waals surface area contributed by atoms with Gasteiger partial charge >= 0.3 is 12.1 Å². The highest BCUT2D eigenvalue weighted by molar-refractivity contribution is 5.80. The lowest BCUT2D eigenvalue weighted by Gasteiger charge is -2.29. The van der Waals surface area contributed by atoms with Crippen molar-refractivity contribution in [3.63, 3.8) is 0 Å². The molecule has 2 amide bonds. The van der Waals surface area contributed by atoms with Gasteiger partial charge in [0.2, 0.25) is 0 Å². The van der Waals surface area contributed by atoms with Crippen LogP contribution in [-0.2, 0) is 4.74 Å². The van der Waals surface area contributed by atoms with Gasteiger partial charge in [0.1, 0.15) is 23.3 Å². The summed E-state index contributed by atoms with van der Waals surface area (Å²) in [7, 11) is 0. The lowest BCUT2D eigenvalue weighted by Crippen LogP contribution is -2.53. The van der Waals surface area contributed by atoms with E-state index in [0.29, 0.717) is 25.1 Å². The van der Waals surface area contributed by atoms with Crippen molar-refractivity contribution in [1.29, 1.82) is 0 Å². The zero-order valence-corrected chi connectivity index (χ0v) is 14.3. The minimum absolute atomic E-state index is 0.180. The van der Waals surface area contributed by atoms with Crippen LogP contribution in [0.2, 0.25) is 0 Å². The quantitative estimate of drug-likeness (QED) is 0.638. The lowest BCUT2D eigenvalue weighted by molar-refractivity contribution is 0.0190. The van der Waals surface area contributed by atoms with E-state index in [0.717, 1.165) is 6.42 Å². The summed E-state index contributed by atoms with van der Waals surface area (Å²) in [6, 6.07) is -0.482. The van der Waals surface area contributed by atoms with Gasteiger partial charge in [-0.25, -0.2) is 20.0 Å². The van der Waals surface area contributed by atoms with Crippen molar-refractivity contribution in [1.82, 2.24) is 25.3 Å². The van der Waals surface area contributed by atoms with Crippen LogP contribution in [0.25, 0.3) is 0 Å². The number of aldehydes is 1. The van der Waals surface area contributed by atoms with Crippen LogP contribution in [0.15, 0.2) is 6.20 Å². The van der Waals surface area contributed by atoms with Crippen molar-refractivity contribution >= 4 is 18.4 Å². The maximum absolute atomic E-state index is 12.2. The van der Waals surface area contributed by atoms with Crippen molar-refractivity contribution in [3.8, 4) is 0 Å². The summed E-state index contributed by atoms with van der Waals surface area (Å²) in [6.07, 6.45) is 2.66. The number of aryl methyl sites for hydroxylation is 1. The number of amides is 2. The fraction of sp³-hybridized carbons (Fsp3) is 0.600. The Morgan fingerprint density at radius 3 is 2.71 bits per heavy atom. The van der Waals surface area contributed by atoms with E-state index >= 15 is 0 Å². The maximum Gasteiger partial charge on any atom is 0.411 e. The normalized spacial score (nSPS) is 17.7. The third kappa shape index (κ3) is 4.31. The molecule has 0 radical (unpaired) electrons. The summed E-state index contributed by atoms with van der Waals surface area (Å²) in [6.45, 7) is 7.59. The largest absolute Gasteiger partial charge is 0.444 e. The first kappa shape index (κ1) is 17.9. The molecule has 1 aliphatic heterocycles. The monoisotopic (exact) mass is 337 g/mol. The van der Waals surface area contributed by atoms with E-state index in [9.17, 15) is 14.4 Å². The van der Waals surface area contributed by atoms with E-state index in [1.165, 1.54) is 10.8 Å². The second-order valence-corrected chi connectivity index (χ2v) is 6.61. The number of imidazole rings is 1. The van der Waals surface area contributed by atoms with Gasteiger partial charge < -0.3 is 4.74 Å². The summed E-state index contributed by atoms with van der Waals surface area (Å²) in [4.78, 5) is 40.5. The molecule has 132 valence electrons. The molecule has 1 saturated heterocycles. The number of nitrogens with zero attached hydrogens (tertiary/aromatic N) is 3. The molecule has 2 N–H and O–H groups in total. The highest BCUT2D eigenvalue weighted by atomic mass is 16.6. The van der Waals surface area contributed by atoms with Crippen LogP contribution >= 0.6 is 0 Å². The molecule has 2 heterocycles. The van der Waals surface area contributed by atoms with Crippen LogP contribution in [0, 0.1) is 6.92 Å². The van der Waals surface area contributed by atoms with Gasteiger partial charge in [-0.1, -0.05) is 0 Å². The minimum Gasteiger partial charge on any atom is -0.444 e. The summed E-state index contributed by atoms with van der Waals surface area (Å²) in [5.41, 5.74) is 4.98. The van der Waals surface area contributed by atoms with Crippen LogP contribution in [0.1, 0.15) is 49.9 Å². The second-order valence-electron chi connectivity index (χ2n) is 6.61. The fourth-order valence-corrected chi connectivity index (χ4v) is 2.42. The van der Waals surface area contributed by atoms with Crippen LogP contribution in [0.3, 0.4) is 0 Å². The molecule has 24 heavy (non-hydrogen) atoms. The van der Waals surface area contributed by atoms with Crippen molar-refractivity contribution < 1.29 is 19.1 Å². The van der Waals surface area contributed by atoms with Gasteiger partial charge in [0.15, 0.2) is 6.29 Å². The predicted octanol–water partition coefficient (Wildman–Crippen LogP) is 1.42. The zero-order valence-electron chi connectivity index (χ0n) is 14.3. The first-order chi connectivity index (χ1) is 11.2. The van der Waals surface area contributed by atoms with Crippen molar-refractivity contribution in [2.24, 2.45) is 0 Å². The van der Waals surface area contributed by atoms with Gasteiger partial charge in [0, 0.05) is 12.7 Å². The third-order valence-electron chi connectivity index (χ3n) is 3.47. The van der Waals surface area contributed by atoms with Gasteiger partial charge in [0.05, 0.1) is 0 Å². The average Bonchev–Trinajstić information content (AvgIpc) is 3.09. The number of hydrogen-bond donors (Lipinski definition) is 2. The Hall–Kier alpha value is -2.42. The molecule has 9 heteroatoms. The molecule has 1 fully saturated rings. The second kappa shape index (κ2) is 7.00. The van der Waals surface area contributed by atoms with E-state index in [-0.39, 0.29) is 11.9 Å². The zero-order chi connectivity index (χ0) is 17.9. The maximum atomic E-state index is 12.2. The Balaban J connectivity index is 1.95. The van der Waals surface area contributed by atoms with Crippen molar-refractivity contribution in [3.05, 3.63) is 17.7 Å². The van der Waals surface area contributed by atoms with E-state index < -0.39 is 17.7 Å². The molecule has 0 spiro atoms. The summed E-state index contributed by atoms with van der Waals surface area (Å²) >= 11 is 0. The van der Waals surface area contributed by atoms with Crippen LogP contribution < -0.4 is 10.9 Å². The number of aromatic nitrogens is 2. The number of carbonyl (C=O) groups excluding carboxylic acids is 3. The van der Waals surface area contributed by atoms with Gasteiger partial charge in [-0.2, -0.15) is 0 Å². The van der Waals surface area contributed by atoms with E-state index in [4.69, 9.17) is 4.74 Å². The van der Waals surface area contributed by atoms with Crippen LogP contribution in [-0.4, -0.2) is 51.2 Å². The molecule has 1 unspecified atom stereocenters. The summed E-state index contributed by atoms with van der Waals surface area (Å²) in [5.74, 6) is 0.395. The van der Waals surface area contributed by atoms with Crippen LogP contribution in [0.4, 0.5) is 9.59 Å². The van der Waals surface area contributed by atoms with Gasteiger partial charge in [-0.05, 0) is 40.5 Å². The fourth-order valence-electron chi connectivity index (χ4n) is 2.42. The van der Waals surface area contributed by atoms with E-state index in [1.807, 2.05) is 0 Å². The van der Waals surface area contributed by atoms with Gasteiger partial charge in [0.25, 0.3) is 0 Å². The highest BCUT2D eigenvalue weighted by Gasteiger charge is 2.32. The molecular formula is C15H23N5O4. The molecule has 1 aromatic heterocycles. The Morgan fingerprint density at radius 2 is 2.12 bits per heavy atom. The molecule has 0 bridgehead atoms. The number of hydrogen-bond acceptors (Lipinski definition) is 6. The first-order valence-electron chi connectivity index (χ1n) is 7.78. The van der Waals surface area contributed by atoms with E-state index in [2.05, 4.69) is 15.8 Å². The summed E-state index contributed by atoms with van der Waals surface area (Å²) in [5, 5.41) is 0. The molecule has 0 aliphatic carbocycles. The molecule has 1 aromatic rings. The standard InChI is InChI=1S/C15H23N5O4/c1-10-16-11(9-21)8-20(10)13(22)18-17-12-6-5-7-19(12)14(23)24-15(2,3)4/h8-9,12,17H,5-7H2,1-4H3,(H,18,22). The van der Waals surface area contributed by atoms with Crippen molar-refractivity contribution in [2.75, 3.05) is 6.54 Å². The number of rotatable bonds is 3. The molecule has 9 nitrogen and oxygen atoms in total. The topological polar surface area (TPSA) is 106 Å². The summed E-state index contributed by atoms with van der Waals surface area (Å²) < 4.78 is 6.59. The highest BCUT2D eigenvalue weighted by Crippen LogP contribution is 2.18. The van der Waals surface area contributed by atoms with Crippen molar-refractivity contribution in [2.45, 2.75) is 52.3 Å².